The minimum absolute atomic E-state index is 0.0337. The Morgan fingerprint density at radius 2 is 1.74 bits per heavy atom. The lowest BCUT2D eigenvalue weighted by Crippen LogP contribution is -2.42. The van der Waals surface area contributed by atoms with Gasteiger partial charge in [-0.25, -0.2) is 0 Å². The van der Waals surface area contributed by atoms with Gasteiger partial charge < -0.3 is 5.11 Å². The summed E-state index contributed by atoms with van der Waals surface area (Å²) in [6.45, 7) is 7.48. The molecule has 6 heteroatoms. The number of aliphatic carboxylic acids is 1. The number of hydrogen-bond donors (Lipinski definition) is 1. The zero-order valence-electron chi connectivity index (χ0n) is 11.9. The number of alkyl halides is 3. The summed E-state index contributed by atoms with van der Waals surface area (Å²) in [6, 6.07) is 0. The Kier molecular flexibility index (Phi) is 7.26. The average molecular weight is 300 g/mol. The third-order valence-electron chi connectivity index (χ3n) is 2.97. The normalized spacial score (nSPS) is 15.8. The van der Waals surface area contributed by atoms with Crippen LogP contribution in [0.5, 0.6) is 0 Å². The predicted octanol–water partition coefficient (Wildman–Crippen LogP) is 4.59. The van der Waals surface area contributed by atoms with Crippen LogP contribution >= 0.6 is 11.8 Å². The van der Waals surface area contributed by atoms with E-state index in [1.807, 2.05) is 27.7 Å². The minimum atomic E-state index is -4.16. The highest BCUT2D eigenvalue weighted by molar-refractivity contribution is 8.01. The van der Waals surface area contributed by atoms with E-state index in [0.29, 0.717) is 6.42 Å². The van der Waals surface area contributed by atoms with Gasteiger partial charge in [-0.15, -0.1) is 11.8 Å². The first kappa shape index (κ1) is 18.6. The van der Waals surface area contributed by atoms with Crippen LogP contribution in [0.1, 0.15) is 47.0 Å². The van der Waals surface area contributed by atoms with Crippen molar-refractivity contribution in [3.63, 3.8) is 0 Å². The summed E-state index contributed by atoms with van der Waals surface area (Å²) < 4.78 is 35.2. The van der Waals surface area contributed by atoms with Gasteiger partial charge in [-0.05, 0) is 30.4 Å². The van der Waals surface area contributed by atoms with E-state index in [1.54, 1.807) is 0 Å². The van der Waals surface area contributed by atoms with Gasteiger partial charge >= 0.3 is 12.1 Å². The molecule has 0 aliphatic rings. The molecule has 0 bridgehead atoms. The lowest BCUT2D eigenvalue weighted by Gasteiger charge is -2.34. The van der Waals surface area contributed by atoms with E-state index in [1.165, 1.54) is 0 Å². The largest absolute Gasteiger partial charge is 0.480 e. The van der Waals surface area contributed by atoms with Crippen molar-refractivity contribution < 1.29 is 23.1 Å². The molecule has 0 aliphatic carbocycles. The number of halogens is 3. The fraction of sp³-hybridized carbons (Fsp3) is 0.923. The second-order valence-electron chi connectivity index (χ2n) is 5.51. The molecule has 114 valence electrons. The molecule has 0 saturated heterocycles. The molecule has 0 aromatic carbocycles. The van der Waals surface area contributed by atoms with Crippen LogP contribution in [0.25, 0.3) is 0 Å². The van der Waals surface area contributed by atoms with E-state index >= 15 is 0 Å². The summed E-state index contributed by atoms with van der Waals surface area (Å²) >= 11 is 1.15. The van der Waals surface area contributed by atoms with Crippen LogP contribution < -0.4 is 0 Å². The predicted molar refractivity (Wildman–Crippen MR) is 72.4 cm³/mol. The van der Waals surface area contributed by atoms with Crippen LogP contribution in [-0.2, 0) is 4.79 Å². The van der Waals surface area contributed by atoms with Gasteiger partial charge in [0.25, 0.3) is 0 Å². The molecule has 0 rings (SSSR count). The zero-order valence-corrected chi connectivity index (χ0v) is 12.7. The van der Waals surface area contributed by atoms with Crippen molar-refractivity contribution in [1.29, 1.82) is 0 Å². The van der Waals surface area contributed by atoms with Gasteiger partial charge in [0.2, 0.25) is 0 Å². The van der Waals surface area contributed by atoms with Crippen molar-refractivity contribution in [3.8, 4) is 0 Å². The fourth-order valence-corrected chi connectivity index (χ4v) is 3.55. The Balaban J connectivity index is 4.63. The van der Waals surface area contributed by atoms with Gasteiger partial charge in [0.15, 0.2) is 0 Å². The number of thioether (sulfide) groups is 1. The minimum Gasteiger partial charge on any atom is -0.480 e. The van der Waals surface area contributed by atoms with Crippen LogP contribution in [-0.4, -0.2) is 27.8 Å². The van der Waals surface area contributed by atoms with Crippen LogP contribution in [0, 0.1) is 11.8 Å². The summed E-state index contributed by atoms with van der Waals surface area (Å²) in [4.78, 5) is 11.5. The quantitative estimate of drug-likeness (QED) is 0.666. The van der Waals surface area contributed by atoms with Crippen molar-refractivity contribution in [1.82, 2.24) is 0 Å². The first-order valence-electron chi connectivity index (χ1n) is 6.45. The summed E-state index contributed by atoms with van der Waals surface area (Å²) in [6.07, 6.45) is -4.58. The van der Waals surface area contributed by atoms with Crippen molar-refractivity contribution in [2.24, 2.45) is 11.8 Å². The number of carbonyl (C=O) groups is 1. The Labute approximate surface area is 117 Å². The molecule has 0 aromatic heterocycles. The Morgan fingerprint density at radius 1 is 1.21 bits per heavy atom. The van der Waals surface area contributed by atoms with Crippen LogP contribution in [0.3, 0.4) is 0 Å². The lowest BCUT2D eigenvalue weighted by atomic mass is 9.86. The number of carboxylic acids is 1. The summed E-state index contributed by atoms with van der Waals surface area (Å²) in [7, 11) is 0. The van der Waals surface area contributed by atoms with Gasteiger partial charge in [-0.2, -0.15) is 13.2 Å². The molecule has 2 nitrogen and oxygen atoms in total. The van der Waals surface area contributed by atoms with E-state index in [9.17, 15) is 23.1 Å². The van der Waals surface area contributed by atoms with Gasteiger partial charge in [0, 0.05) is 6.42 Å². The first-order valence-corrected chi connectivity index (χ1v) is 7.44. The first-order chi connectivity index (χ1) is 8.51. The van der Waals surface area contributed by atoms with E-state index in [2.05, 4.69) is 0 Å². The van der Waals surface area contributed by atoms with Crippen LogP contribution in [0.4, 0.5) is 13.2 Å². The summed E-state index contributed by atoms with van der Waals surface area (Å²) in [5.74, 6) is -0.637. The molecule has 1 N–H and O–H groups in total. The maximum Gasteiger partial charge on any atom is 0.389 e. The van der Waals surface area contributed by atoms with Crippen molar-refractivity contribution in [2.45, 2.75) is 57.9 Å². The second-order valence-corrected chi connectivity index (χ2v) is 6.94. The molecule has 19 heavy (non-hydrogen) atoms. The average Bonchev–Trinajstić information content (AvgIpc) is 2.19. The second kappa shape index (κ2) is 7.41. The zero-order chi connectivity index (χ0) is 15.3. The fourth-order valence-electron chi connectivity index (χ4n) is 1.99. The molecule has 0 fully saturated rings. The third kappa shape index (κ3) is 6.54. The molecule has 0 amide bonds. The Morgan fingerprint density at radius 3 is 2.05 bits per heavy atom. The van der Waals surface area contributed by atoms with E-state index < -0.39 is 23.3 Å². The standard InChI is InChI=1S/C13H23F3O2S/c1-9(2)8-12(10(3)4,11(17)18)19-7-5-6-13(14,15)16/h9-10H,5-8H2,1-4H3,(H,17,18). The van der Waals surface area contributed by atoms with E-state index in [-0.39, 0.29) is 24.0 Å². The van der Waals surface area contributed by atoms with E-state index in [0.717, 1.165) is 11.8 Å². The van der Waals surface area contributed by atoms with Crippen molar-refractivity contribution in [2.75, 3.05) is 5.75 Å². The van der Waals surface area contributed by atoms with Crippen LogP contribution in [0.15, 0.2) is 0 Å². The molecular formula is C13H23F3O2S. The molecule has 0 spiro atoms. The maximum atomic E-state index is 12.1. The Hall–Kier alpha value is -0.390. The summed E-state index contributed by atoms with van der Waals surface area (Å²) in [5.41, 5.74) is 0. The smallest absolute Gasteiger partial charge is 0.389 e. The molecule has 0 heterocycles. The highest BCUT2D eigenvalue weighted by Crippen LogP contribution is 2.40. The van der Waals surface area contributed by atoms with Crippen LogP contribution in [0.2, 0.25) is 0 Å². The number of hydrogen-bond acceptors (Lipinski definition) is 2. The number of carboxylic acid groups (broad SMARTS) is 1. The van der Waals surface area contributed by atoms with Crippen molar-refractivity contribution in [3.05, 3.63) is 0 Å². The molecule has 0 radical (unpaired) electrons. The molecular weight excluding hydrogens is 277 g/mol. The highest BCUT2D eigenvalue weighted by atomic mass is 32.2. The topological polar surface area (TPSA) is 37.3 Å². The molecule has 0 aromatic rings. The van der Waals surface area contributed by atoms with Gasteiger partial charge in [-0.1, -0.05) is 27.7 Å². The molecule has 0 saturated carbocycles. The monoisotopic (exact) mass is 300 g/mol. The molecule has 1 unspecified atom stereocenters. The maximum absolute atomic E-state index is 12.1. The summed E-state index contributed by atoms with van der Waals surface area (Å²) in [5, 5.41) is 9.46. The van der Waals surface area contributed by atoms with Gasteiger partial charge in [0.05, 0.1) is 0 Å². The van der Waals surface area contributed by atoms with E-state index in [4.69, 9.17) is 0 Å². The highest BCUT2D eigenvalue weighted by Gasteiger charge is 2.42. The lowest BCUT2D eigenvalue weighted by molar-refractivity contribution is -0.141. The number of rotatable bonds is 8. The van der Waals surface area contributed by atoms with Gasteiger partial charge in [0.1, 0.15) is 4.75 Å². The Bertz CT molecular complexity index is 290. The molecule has 0 aliphatic heterocycles. The SMILES string of the molecule is CC(C)CC(SCCCC(F)(F)F)(C(=O)O)C(C)C. The van der Waals surface area contributed by atoms with Crippen molar-refractivity contribution >= 4 is 17.7 Å². The molecule has 1 atom stereocenters. The van der Waals surface area contributed by atoms with Gasteiger partial charge in [-0.3, -0.25) is 4.79 Å². The third-order valence-corrected chi connectivity index (χ3v) is 4.79.